The van der Waals surface area contributed by atoms with Gasteiger partial charge in [-0.1, -0.05) is 36.4 Å². The van der Waals surface area contributed by atoms with Gasteiger partial charge in [-0.3, -0.25) is 4.79 Å². The van der Waals surface area contributed by atoms with E-state index in [0.717, 1.165) is 32.6 Å². The van der Waals surface area contributed by atoms with Gasteiger partial charge in [0, 0.05) is 39.7 Å². The number of rotatable bonds is 5. The molecule has 3 nitrogen and oxygen atoms in total. The Hall–Kier alpha value is -2.98. The fraction of sp³-hybridized carbons (Fsp3) is 0.160. The summed E-state index contributed by atoms with van der Waals surface area (Å²) in [5.74, 6) is -13.5. The van der Waals surface area contributed by atoms with Gasteiger partial charge in [-0.2, -0.15) is 8.78 Å². The van der Waals surface area contributed by atoms with Gasteiger partial charge in [0.1, 0.15) is 0 Å². The molecule has 10 heteroatoms. The van der Waals surface area contributed by atoms with E-state index in [9.17, 15) is 26.7 Å². The number of thioether (sulfide) groups is 2. The first kappa shape index (κ1) is 23.7. The molecular weight excluding hydrogens is 505 g/mol. The van der Waals surface area contributed by atoms with E-state index in [2.05, 4.69) is 15.4 Å². The monoisotopic (exact) mass is 521 g/mol. The van der Waals surface area contributed by atoms with E-state index in [1.165, 1.54) is 11.8 Å². The number of carbonyl (C=O) groups is 1. The molecule has 5 rings (SSSR count). The Balaban J connectivity index is 1.37. The van der Waals surface area contributed by atoms with Gasteiger partial charge < -0.3 is 9.30 Å². The molecule has 35 heavy (non-hydrogen) atoms. The Kier molecular flexibility index (Phi) is 6.27. The zero-order valence-electron chi connectivity index (χ0n) is 18.1. The molecule has 0 saturated heterocycles. The number of halogens is 5. The fourth-order valence-corrected chi connectivity index (χ4v) is 6.94. The summed E-state index contributed by atoms with van der Waals surface area (Å²) in [5.41, 5.74) is 4.34. The molecule has 0 N–H and O–H groups in total. The summed E-state index contributed by atoms with van der Waals surface area (Å²) in [7, 11) is 2.00. The van der Waals surface area contributed by atoms with Gasteiger partial charge in [-0.05, 0) is 12.1 Å². The molecule has 180 valence electrons. The van der Waals surface area contributed by atoms with Crippen molar-refractivity contribution in [3.05, 3.63) is 83.2 Å². The van der Waals surface area contributed by atoms with Crippen LogP contribution in [0.25, 0.3) is 22.2 Å². The number of hydrogen-bond donors (Lipinski definition) is 0. The molecule has 0 spiro atoms. The second-order valence-corrected chi connectivity index (χ2v) is 10.4. The lowest BCUT2D eigenvalue weighted by Crippen LogP contribution is -2.14. The third-order valence-electron chi connectivity index (χ3n) is 5.72. The second kappa shape index (κ2) is 9.23. The zero-order valence-corrected chi connectivity index (χ0v) is 19.7. The van der Waals surface area contributed by atoms with Crippen molar-refractivity contribution >= 4 is 40.4 Å². The van der Waals surface area contributed by atoms with Crippen LogP contribution in [-0.4, -0.2) is 16.3 Å². The van der Waals surface area contributed by atoms with Gasteiger partial charge in [0.05, 0.1) is 16.7 Å². The smallest absolute Gasteiger partial charge is 0.312 e. The number of ether oxygens (including phenoxy) is 1. The highest BCUT2D eigenvalue weighted by molar-refractivity contribution is 8.16. The quantitative estimate of drug-likeness (QED) is 0.0902. The summed E-state index contributed by atoms with van der Waals surface area (Å²) in [6.07, 6.45) is -0.289. The first-order chi connectivity index (χ1) is 16.8. The predicted molar refractivity (Wildman–Crippen MR) is 126 cm³/mol. The van der Waals surface area contributed by atoms with Crippen LogP contribution in [0.5, 0.6) is 5.75 Å². The summed E-state index contributed by atoms with van der Waals surface area (Å²) in [6, 6.07) is 16.0. The normalized spacial score (nSPS) is 14.6. The topological polar surface area (TPSA) is 31.2 Å². The molecule has 1 aliphatic rings. The Morgan fingerprint density at radius 2 is 1.57 bits per heavy atom. The van der Waals surface area contributed by atoms with Crippen molar-refractivity contribution in [2.24, 2.45) is 7.05 Å². The van der Waals surface area contributed by atoms with Crippen molar-refractivity contribution in [2.45, 2.75) is 15.9 Å². The van der Waals surface area contributed by atoms with Crippen LogP contribution in [0, 0.1) is 29.1 Å². The number of aromatic nitrogens is 1. The maximum Gasteiger partial charge on any atom is 0.312 e. The highest BCUT2D eigenvalue weighted by Crippen LogP contribution is 2.56. The largest absolute Gasteiger partial charge is 0.420 e. The Bertz CT molecular complexity index is 1460. The molecule has 0 aliphatic carbocycles. The minimum Gasteiger partial charge on any atom is -0.420 e. The van der Waals surface area contributed by atoms with Gasteiger partial charge in [0.2, 0.25) is 34.8 Å². The molecule has 3 aromatic carbocycles. The maximum absolute atomic E-state index is 13.8. The number of carbonyl (C=O) groups excluding carboxylic acids is 1. The summed E-state index contributed by atoms with van der Waals surface area (Å²) in [5, 5.41) is 1.08. The van der Waals surface area contributed by atoms with Crippen molar-refractivity contribution < 1.29 is 31.5 Å². The molecule has 1 aromatic heterocycles. The molecular formula is C25H16F5NO2S2. The van der Waals surface area contributed by atoms with Crippen LogP contribution in [-0.2, 0) is 11.8 Å². The van der Waals surface area contributed by atoms with Gasteiger partial charge in [-0.15, -0.1) is 23.5 Å². The number of para-hydroxylation sites is 1. The van der Waals surface area contributed by atoms with Gasteiger partial charge in [0.25, 0.3) is 0 Å². The maximum atomic E-state index is 13.8. The van der Waals surface area contributed by atoms with Crippen molar-refractivity contribution in [3.63, 3.8) is 0 Å². The van der Waals surface area contributed by atoms with E-state index >= 15 is 0 Å². The molecule has 4 aromatic rings. The van der Waals surface area contributed by atoms with Crippen LogP contribution < -0.4 is 4.74 Å². The van der Waals surface area contributed by atoms with Crippen LogP contribution in [0.2, 0.25) is 0 Å². The summed E-state index contributed by atoms with van der Waals surface area (Å²) >= 11 is 3.07. The van der Waals surface area contributed by atoms with E-state index in [1.54, 1.807) is 11.8 Å². The number of benzene rings is 3. The third kappa shape index (κ3) is 3.98. The van der Waals surface area contributed by atoms with Crippen molar-refractivity contribution in [2.75, 3.05) is 5.75 Å². The lowest BCUT2D eigenvalue weighted by Gasteiger charge is -2.25. The number of hydrogen-bond acceptors (Lipinski definition) is 4. The summed E-state index contributed by atoms with van der Waals surface area (Å²) in [6.45, 7) is 0. The van der Waals surface area contributed by atoms with Crippen LogP contribution >= 0.6 is 23.5 Å². The summed E-state index contributed by atoms with van der Waals surface area (Å²) in [4.78, 5) is 13.3. The standard InChI is InChI=1S/C25H16F5NO2S2/c1-31-14-8-4-2-6-12(14)17-23(31)13-7-3-5-9-15(13)35-25(17)34-11-10-16(32)33-24-21(29)19(27)18(26)20(28)22(24)30/h2-9,25H,10-11H2,1H3. The SMILES string of the molecule is Cn1c2c(c3ccccc31)C(SCCC(=O)Oc1c(F)c(F)c(F)c(F)c1F)Sc1ccccc1-2. The highest BCUT2D eigenvalue weighted by atomic mass is 32.2. The Morgan fingerprint density at radius 1 is 0.943 bits per heavy atom. The summed E-state index contributed by atoms with van der Waals surface area (Å²) < 4.78 is 74.2. The third-order valence-corrected chi connectivity index (χ3v) is 8.45. The van der Waals surface area contributed by atoms with E-state index in [0.29, 0.717) is 0 Å². The number of fused-ring (bicyclic) bond motifs is 5. The van der Waals surface area contributed by atoms with Crippen molar-refractivity contribution in [3.8, 4) is 17.0 Å². The average molecular weight is 522 g/mol. The van der Waals surface area contributed by atoms with Gasteiger partial charge >= 0.3 is 5.97 Å². The molecule has 1 unspecified atom stereocenters. The first-order valence-corrected chi connectivity index (χ1v) is 12.4. The van der Waals surface area contributed by atoms with Gasteiger partial charge in [0.15, 0.2) is 0 Å². The fourth-order valence-electron chi connectivity index (χ4n) is 4.13. The lowest BCUT2D eigenvalue weighted by atomic mass is 10.1. The lowest BCUT2D eigenvalue weighted by molar-refractivity contribution is -0.134. The molecule has 0 fully saturated rings. The van der Waals surface area contributed by atoms with E-state index in [1.807, 2.05) is 49.5 Å². The minimum absolute atomic E-state index is 0.0898. The Morgan fingerprint density at radius 3 is 2.31 bits per heavy atom. The van der Waals surface area contributed by atoms with E-state index in [4.69, 9.17) is 0 Å². The molecule has 0 radical (unpaired) electrons. The van der Waals surface area contributed by atoms with Crippen LogP contribution in [0.1, 0.15) is 16.6 Å². The molecule has 0 saturated carbocycles. The Labute approximate surface area is 205 Å². The van der Waals surface area contributed by atoms with Crippen LogP contribution in [0.4, 0.5) is 22.0 Å². The number of nitrogens with zero attached hydrogens (tertiary/aromatic N) is 1. The van der Waals surface area contributed by atoms with E-state index < -0.39 is 40.8 Å². The molecule has 1 aliphatic heterocycles. The molecule has 1 atom stereocenters. The zero-order chi connectivity index (χ0) is 24.9. The second-order valence-electron chi connectivity index (χ2n) is 7.78. The van der Waals surface area contributed by atoms with Gasteiger partial charge in [-0.25, -0.2) is 13.2 Å². The van der Waals surface area contributed by atoms with Crippen LogP contribution in [0.15, 0.2) is 53.4 Å². The molecule has 0 bridgehead atoms. The van der Waals surface area contributed by atoms with Crippen LogP contribution in [0.3, 0.4) is 0 Å². The minimum atomic E-state index is -2.31. The highest BCUT2D eigenvalue weighted by Gasteiger charge is 2.32. The van der Waals surface area contributed by atoms with E-state index in [-0.39, 0.29) is 16.8 Å². The number of aryl methyl sites for hydroxylation is 1. The first-order valence-electron chi connectivity index (χ1n) is 10.5. The molecule has 0 amide bonds. The molecule has 2 heterocycles. The van der Waals surface area contributed by atoms with Crippen molar-refractivity contribution in [1.29, 1.82) is 0 Å². The van der Waals surface area contributed by atoms with Crippen molar-refractivity contribution in [1.82, 2.24) is 4.57 Å². The average Bonchev–Trinajstić information content (AvgIpc) is 3.17. The predicted octanol–water partition coefficient (Wildman–Crippen LogP) is 7.37. The number of esters is 1.